The molecule has 0 radical (unpaired) electrons. The first-order chi connectivity index (χ1) is 10.8. The highest BCUT2D eigenvalue weighted by atomic mass is 32.1. The first kappa shape index (κ1) is 14.5. The van der Waals surface area contributed by atoms with E-state index in [2.05, 4.69) is 28.9 Å². The molecule has 0 aliphatic heterocycles. The van der Waals surface area contributed by atoms with Gasteiger partial charge in [-0.05, 0) is 41.1 Å². The first-order valence-electron chi connectivity index (χ1n) is 7.29. The predicted molar refractivity (Wildman–Crippen MR) is 92.2 cm³/mol. The molecule has 0 saturated carbocycles. The van der Waals surface area contributed by atoms with Crippen molar-refractivity contribution < 1.29 is 4.79 Å². The number of carbonyl (C=O) groups is 1. The molecule has 0 aliphatic rings. The highest BCUT2D eigenvalue weighted by molar-refractivity contribution is 7.13. The summed E-state index contributed by atoms with van der Waals surface area (Å²) in [5.74, 6) is -0.0198. The zero-order valence-electron chi connectivity index (χ0n) is 12.2. The molecule has 0 spiro atoms. The van der Waals surface area contributed by atoms with Crippen molar-refractivity contribution in [1.82, 2.24) is 5.32 Å². The van der Waals surface area contributed by atoms with Gasteiger partial charge in [0.1, 0.15) is 0 Å². The number of rotatable bonds is 5. The summed E-state index contributed by atoms with van der Waals surface area (Å²) < 4.78 is 0. The van der Waals surface area contributed by atoms with E-state index in [-0.39, 0.29) is 5.91 Å². The summed E-state index contributed by atoms with van der Waals surface area (Å²) in [5, 5.41) is 5.02. The zero-order chi connectivity index (χ0) is 15.2. The van der Waals surface area contributed by atoms with Crippen LogP contribution in [-0.4, -0.2) is 12.5 Å². The second-order valence-corrected chi connectivity index (χ2v) is 5.99. The minimum absolute atomic E-state index is 0.0198. The van der Waals surface area contributed by atoms with Gasteiger partial charge < -0.3 is 5.32 Å². The van der Waals surface area contributed by atoms with Crippen LogP contribution in [0.15, 0.2) is 72.1 Å². The molecule has 0 unspecified atom stereocenters. The average Bonchev–Trinajstić information content (AvgIpc) is 3.10. The minimum atomic E-state index is -0.0198. The van der Waals surface area contributed by atoms with Gasteiger partial charge in [0.25, 0.3) is 5.91 Å². The van der Waals surface area contributed by atoms with Crippen molar-refractivity contribution in [3.8, 4) is 10.4 Å². The Balaban J connectivity index is 1.56. The average molecular weight is 307 g/mol. The van der Waals surface area contributed by atoms with Crippen LogP contribution in [0.1, 0.15) is 15.9 Å². The van der Waals surface area contributed by atoms with Crippen LogP contribution in [0.5, 0.6) is 0 Å². The number of benzene rings is 2. The van der Waals surface area contributed by atoms with Gasteiger partial charge in [-0.15, -0.1) is 11.3 Å². The third kappa shape index (κ3) is 3.62. The lowest BCUT2D eigenvalue weighted by Crippen LogP contribution is -2.25. The van der Waals surface area contributed by atoms with Gasteiger partial charge in [0.15, 0.2) is 0 Å². The Morgan fingerprint density at radius 3 is 2.36 bits per heavy atom. The number of hydrogen-bond donors (Lipinski definition) is 1. The van der Waals surface area contributed by atoms with Crippen LogP contribution in [-0.2, 0) is 6.42 Å². The fourth-order valence-corrected chi connectivity index (χ4v) is 3.03. The molecular weight excluding hydrogens is 290 g/mol. The molecule has 3 heteroatoms. The van der Waals surface area contributed by atoms with Gasteiger partial charge in [-0.25, -0.2) is 0 Å². The lowest BCUT2D eigenvalue weighted by molar-refractivity contribution is 0.0954. The van der Waals surface area contributed by atoms with Crippen LogP contribution in [0.4, 0.5) is 0 Å². The minimum Gasteiger partial charge on any atom is -0.352 e. The molecule has 2 aromatic carbocycles. The zero-order valence-corrected chi connectivity index (χ0v) is 13.0. The number of amides is 1. The molecule has 0 atom stereocenters. The van der Waals surface area contributed by atoms with E-state index in [0.717, 1.165) is 12.0 Å². The van der Waals surface area contributed by atoms with E-state index in [1.54, 1.807) is 11.3 Å². The number of nitrogens with one attached hydrogen (secondary N) is 1. The fraction of sp³-hybridized carbons (Fsp3) is 0.105. The van der Waals surface area contributed by atoms with Crippen LogP contribution >= 0.6 is 11.3 Å². The predicted octanol–water partition coefficient (Wildman–Crippen LogP) is 4.39. The SMILES string of the molecule is O=C(NCCc1ccccc1)c1ccc(-c2cccs2)cc1. The molecule has 110 valence electrons. The molecule has 0 aliphatic carbocycles. The second-order valence-electron chi connectivity index (χ2n) is 5.05. The normalized spacial score (nSPS) is 10.4. The molecule has 1 amide bonds. The van der Waals surface area contributed by atoms with Gasteiger partial charge in [-0.2, -0.15) is 0 Å². The smallest absolute Gasteiger partial charge is 0.251 e. The summed E-state index contributed by atoms with van der Waals surface area (Å²) in [6.45, 7) is 0.648. The Hall–Kier alpha value is -2.39. The van der Waals surface area contributed by atoms with Gasteiger partial charge in [0.2, 0.25) is 0 Å². The highest BCUT2D eigenvalue weighted by Crippen LogP contribution is 2.24. The summed E-state index contributed by atoms with van der Waals surface area (Å²) in [7, 11) is 0. The molecule has 3 aromatic rings. The lowest BCUT2D eigenvalue weighted by atomic mass is 10.1. The maximum Gasteiger partial charge on any atom is 0.251 e. The topological polar surface area (TPSA) is 29.1 Å². The molecule has 0 fully saturated rings. The van der Waals surface area contributed by atoms with Gasteiger partial charge in [0, 0.05) is 17.0 Å². The number of thiophene rings is 1. The van der Waals surface area contributed by atoms with E-state index in [1.165, 1.54) is 10.4 Å². The van der Waals surface area contributed by atoms with Crippen molar-refractivity contribution >= 4 is 17.2 Å². The second kappa shape index (κ2) is 7.05. The molecule has 1 N–H and O–H groups in total. The van der Waals surface area contributed by atoms with Gasteiger partial charge in [-0.3, -0.25) is 4.79 Å². The molecule has 3 rings (SSSR count). The summed E-state index contributed by atoms with van der Waals surface area (Å²) in [6, 6.07) is 22.0. The summed E-state index contributed by atoms with van der Waals surface area (Å²) in [6.07, 6.45) is 0.847. The molecule has 1 aromatic heterocycles. The van der Waals surface area contributed by atoms with Crippen LogP contribution < -0.4 is 5.32 Å². The standard InChI is InChI=1S/C19H17NOS/c21-19(20-13-12-15-5-2-1-3-6-15)17-10-8-16(9-11-17)18-7-4-14-22-18/h1-11,14H,12-13H2,(H,20,21). The van der Waals surface area contributed by atoms with Gasteiger partial charge in [0.05, 0.1) is 0 Å². The molecule has 0 bridgehead atoms. The quantitative estimate of drug-likeness (QED) is 0.744. The van der Waals surface area contributed by atoms with Crippen molar-refractivity contribution in [3.05, 3.63) is 83.2 Å². The van der Waals surface area contributed by atoms with Crippen molar-refractivity contribution in [2.75, 3.05) is 6.54 Å². The van der Waals surface area contributed by atoms with E-state index < -0.39 is 0 Å². The van der Waals surface area contributed by atoms with Crippen molar-refractivity contribution in [3.63, 3.8) is 0 Å². The number of carbonyl (C=O) groups excluding carboxylic acids is 1. The largest absolute Gasteiger partial charge is 0.352 e. The Morgan fingerprint density at radius 2 is 1.68 bits per heavy atom. The van der Waals surface area contributed by atoms with E-state index in [9.17, 15) is 4.79 Å². The maximum absolute atomic E-state index is 12.1. The van der Waals surface area contributed by atoms with E-state index >= 15 is 0 Å². The van der Waals surface area contributed by atoms with Crippen LogP contribution in [0, 0.1) is 0 Å². The van der Waals surface area contributed by atoms with Crippen LogP contribution in [0.2, 0.25) is 0 Å². The maximum atomic E-state index is 12.1. The van der Waals surface area contributed by atoms with E-state index in [4.69, 9.17) is 0 Å². The summed E-state index contributed by atoms with van der Waals surface area (Å²) >= 11 is 1.70. The molecule has 2 nitrogen and oxygen atoms in total. The molecule has 1 heterocycles. The highest BCUT2D eigenvalue weighted by Gasteiger charge is 2.05. The Kier molecular flexibility index (Phi) is 4.66. The third-order valence-electron chi connectivity index (χ3n) is 3.49. The van der Waals surface area contributed by atoms with Gasteiger partial charge in [-0.1, -0.05) is 48.5 Å². The monoisotopic (exact) mass is 307 g/mol. The Labute approximate surface area is 134 Å². The summed E-state index contributed by atoms with van der Waals surface area (Å²) in [5.41, 5.74) is 3.08. The van der Waals surface area contributed by atoms with E-state index in [0.29, 0.717) is 12.1 Å². The van der Waals surface area contributed by atoms with E-state index in [1.807, 2.05) is 48.5 Å². The molecular formula is C19H17NOS. The Bertz CT molecular complexity index is 718. The lowest BCUT2D eigenvalue weighted by Gasteiger charge is -2.06. The Morgan fingerprint density at radius 1 is 0.909 bits per heavy atom. The van der Waals surface area contributed by atoms with Crippen LogP contribution in [0.25, 0.3) is 10.4 Å². The van der Waals surface area contributed by atoms with Crippen LogP contribution in [0.3, 0.4) is 0 Å². The molecule has 0 saturated heterocycles. The van der Waals surface area contributed by atoms with Crippen molar-refractivity contribution in [2.24, 2.45) is 0 Å². The van der Waals surface area contributed by atoms with Gasteiger partial charge >= 0.3 is 0 Å². The summed E-state index contributed by atoms with van der Waals surface area (Å²) in [4.78, 5) is 13.3. The number of hydrogen-bond acceptors (Lipinski definition) is 2. The van der Waals surface area contributed by atoms with Crippen molar-refractivity contribution in [2.45, 2.75) is 6.42 Å². The fourth-order valence-electron chi connectivity index (χ4n) is 2.30. The van der Waals surface area contributed by atoms with Crippen molar-refractivity contribution in [1.29, 1.82) is 0 Å². The first-order valence-corrected chi connectivity index (χ1v) is 8.17. The third-order valence-corrected chi connectivity index (χ3v) is 4.41. The molecule has 22 heavy (non-hydrogen) atoms.